The van der Waals surface area contributed by atoms with Gasteiger partial charge in [-0.05, 0) is 55.9 Å². The van der Waals surface area contributed by atoms with E-state index < -0.39 is 5.54 Å². The zero-order valence-electron chi connectivity index (χ0n) is 19.0. The Hall–Kier alpha value is -3.13. The number of aryl methyl sites for hydroxylation is 1. The number of nitrogens with zero attached hydrogens (tertiary/aromatic N) is 5. The molecule has 33 heavy (non-hydrogen) atoms. The number of hydrogen-bond acceptors (Lipinski definition) is 4. The zero-order chi connectivity index (χ0) is 22.6. The van der Waals surface area contributed by atoms with Gasteiger partial charge in [-0.25, -0.2) is 0 Å². The molecule has 0 atom stereocenters. The van der Waals surface area contributed by atoms with Gasteiger partial charge < -0.3 is 14.8 Å². The van der Waals surface area contributed by atoms with Gasteiger partial charge in [-0.3, -0.25) is 19.2 Å². The monoisotopic (exact) mass is 446 g/mol. The first-order valence-electron chi connectivity index (χ1n) is 12.0. The van der Waals surface area contributed by atoms with Gasteiger partial charge in [-0.15, -0.1) is 0 Å². The number of piperazine rings is 1. The van der Waals surface area contributed by atoms with Crippen LogP contribution in [0.1, 0.15) is 36.0 Å². The highest BCUT2D eigenvalue weighted by Crippen LogP contribution is 2.39. The number of fused-ring (bicyclic) bond motifs is 1. The molecule has 8 nitrogen and oxygen atoms in total. The van der Waals surface area contributed by atoms with Crippen LogP contribution in [0.4, 0.5) is 5.69 Å². The minimum absolute atomic E-state index is 0.0501. The van der Waals surface area contributed by atoms with E-state index in [4.69, 9.17) is 0 Å². The fourth-order valence-corrected chi connectivity index (χ4v) is 5.57. The number of aromatic nitrogens is 3. The normalized spacial score (nSPS) is 21.3. The Bertz CT molecular complexity index is 1200. The molecule has 1 aliphatic carbocycles. The summed E-state index contributed by atoms with van der Waals surface area (Å²) < 4.78 is 1.74. The van der Waals surface area contributed by atoms with Crippen molar-refractivity contribution in [3.05, 3.63) is 48.4 Å². The summed E-state index contributed by atoms with van der Waals surface area (Å²) in [5.74, 6) is 0.935. The number of piperidine rings is 1. The Morgan fingerprint density at radius 2 is 1.97 bits per heavy atom. The summed E-state index contributed by atoms with van der Waals surface area (Å²) in [5, 5.41) is 5.32. The molecular formula is C25H30N6O2. The lowest BCUT2D eigenvalue weighted by atomic mass is 9.81. The first kappa shape index (κ1) is 20.5. The van der Waals surface area contributed by atoms with Gasteiger partial charge in [-0.2, -0.15) is 5.10 Å². The van der Waals surface area contributed by atoms with Gasteiger partial charge in [0.2, 0.25) is 5.91 Å². The molecule has 3 aromatic rings. The van der Waals surface area contributed by atoms with Gasteiger partial charge >= 0.3 is 0 Å². The SMILES string of the molecule is Cn1cc(N2CCN(CC3CC3)C3(CCN(C(=O)c4ccc5[nH]ccc5c4)CC3)C2=O)cn1. The van der Waals surface area contributed by atoms with E-state index in [1.807, 2.05) is 53.5 Å². The molecule has 2 amide bonds. The predicted molar refractivity (Wildman–Crippen MR) is 126 cm³/mol. The Morgan fingerprint density at radius 3 is 2.70 bits per heavy atom. The molecule has 172 valence electrons. The summed E-state index contributed by atoms with van der Waals surface area (Å²) in [6, 6.07) is 7.79. The summed E-state index contributed by atoms with van der Waals surface area (Å²) in [6.07, 6.45) is 9.45. The molecule has 2 saturated heterocycles. The molecular weight excluding hydrogens is 416 g/mol. The lowest BCUT2D eigenvalue weighted by molar-refractivity contribution is -0.137. The second kappa shape index (κ2) is 7.73. The summed E-state index contributed by atoms with van der Waals surface area (Å²) in [5.41, 5.74) is 2.08. The number of nitrogens with one attached hydrogen (secondary N) is 1. The van der Waals surface area contributed by atoms with Crippen LogP contribution in [-0.2, 0) is 11.8 Å². The Labute approximate surface area is 193 Å². The average Bonchev–Trinajstić information content (AvgIpc) is 3.34. The van der Waals surface area contributed by atoms with Crippen molar-refractivity contribution < 1.29 is 9.59 Å². The van der Waals surface area contributed by atoms with Gasteiger partial charge in [0.05, 0.1) is 11.9 Å². The third-order valence-electron chi connectivity index (χ3n) is 7.70. The molecule has 3 aliphatic rings. The molecule has 8 heteroatoms. The van der Waals surface area contributed by atoms with Crippen LogP contribution in [-0.4, -0.2) is 74.6 Å². The van der Waals surface area contributed by atoms with Gasteiger partial charge in [0.25, 0.3) is 5.91 Å². The lowest BCUT2D eigenvalue weighted by Crippen LogP contribution is -2.69. The van der Waals surface area contributed by atoms with Gasteiger partial charge in [0.1, 0.15) is 5.54 Å². The maximum Gasteiger partial charge on any atom is 0.253 e. The van der Waals surface area contributed by atoms with Crippen molar-refractivity contribution in [2.45, 2.75) is 31.2 Å². The van der Waals surface area contributed by atoms with Crippen molar-refractivity contribution in [3.8, 4) is 0 Å². The standard InChI is InChI=1S/C25H30N6O2/c1-28-17-21(15-27-28)31-13-12-30(16-18-2-3-18)25(24(31)33)7-10-29(11-8-25)23(32)20-4-5-22-19(14-20)6-9-26-22/h4-6,9,14-15,17-18,26H,2-3,7-8,10-13,16H2,1H3. The molecule has 3 fully saturated rings. The second-order valence-electron chi connectivity index (χ2n) is 9.82. The van der Waals surface area contributed by atoms with E-state index in [-0.39, 0.29) is 11.8 Å². The maximum absolute atomic E-state index is 13.9. The van der Waals surface area contributed by atoms with E-state index in [1.54, 1.807) is 10.9 Å². The predicted octanol–water partition coefficient (Wildman–Crippen LogP) is 2.64. The molecule has 1 spiro atoms. The third-order valence-corrected chi connectivity index (χ3v) is 7.70. The summed E-state index contributed by atoms with van der Waals surface area (Å²) >= 11 is 0. The maximum atomic E-state index is 13.9. The fourth-order valence-electron chi connectivity index (χ4n) is 5.57. The Morgan fingerprint density at radius 1 is 1.15 bits per heavy atom. The van der Waals surface area contributed by atoms with E-state index in [0.717, 1.165) is 29.7 Å². The number of hydrogen-bond donors (Lipinski definition) is 1. The van der Waals surface area contributed by atoms with Crippen molar-refractivity contribution in [2.75, 3.05) is 37.6 Å². The topological polar surface area (TPSA) is 77.5 Å². The molecule has 1 N–H and O–H groups in total. The van der Waals surface area contributed by atoms with Crippen LogP contribution in [0, 0.1) is 5.92 Å². The molecule has 4 heterocycles. The zero-order valence-corrected chi connectivity index (χ0v) is 19.0. The highest BCUT2D eigenvalue weighted by Gasteiger charge is 2.52. The highest BCUT2D eigenvalue weighted by molar-refractivity contribution is 6.02. The minimum Gasteiger partial charge on any atom is -0.361 e. The van der Waals surface area contributed by atoms with Crippen molar-refractivity contribution in [2.24, 2.45) is 13.0 Å². The van der Waals surface area contributed by atoms with Gasteiger partial charge in [0, 0.05) is 68.6 Å². The molecule has 2 aromatic heterocycles. The summed E-state index contributed by atoms with van der Waals surface area (Å²) in [6.45, 7) is 3.74. The van der Waals surface area contributed by atoms with Crippen LogP contribution in [0.5, 0.6) is 0 Å². The molecule has 1 saturated carbocycles. The number of benzene rings is 1. The molecule has 1 aromatic carbocycles. The number of rotatable bonds is 4. The van der Waals surface area contributed by atoms with Crippen LogP contribution in [0.25, 0.3) is 10.9 Å². The molecule has 0 unspecified atom stereocenters. The van der Waals surface area contributed by atoms with E-state index in [0.29, 0.717) is 44.0 Å². The summed E-state index contributed by atoms with van der Waals surface area (Å²) in [7, 11) is 1.88. The fraction of sp³-hybridized carbons (Fsp3) is 0.480. The Balaban J connectivity index is 1.23. The number of likely N-dealkylation sites (tertiary alicyclic amines) is 1. The largest absolute Gasteiger partial charge is 0.361 e. The number of anilines is 1. The number of H-pyrrole nitrogens is 1. The first-order valence-corrected chi connectivity index (χ1v) is 12.0. The number of carbonyl (C=O) groups is 2. The van der Waals surface area contributed by atoms with Gasteiger partial charge in [-0.1, -0.05) is 0 Å². The highest BCUT2D eigenvalue weighted by atomic mass is 16.2. The number of amides is 2. The van der Waals surface area contributed by atoms with Crippen LogP contribution >= 0.6 is 0 Å². The van der Waals surface area contributed by atoms with Crippen LogP contribution < -0.4 is 4.90 Å². The molecule has 0 bridgehead atoms. The van der Waals surface area contributed by atoms with E-state index >= 15 is 0 Å². The van der Waals surface area contributed by atoms with Crippen LogP contribution in [0.2, 0.25) is 0 Å². The third kappa shape index (κ3) is 3.53. The summed E-state index contributed by atoms with van der Waals surface area (Å²) in [4.78, 5) is 36.6. The van der Waals surface area contributed by atoms with E-state index in [9.17, 15) is 9.59 Å². The smallest absolute Gasteiger partial charge is 0.253 e. The van der Waals surface area contributed by atoms with Crippen molar-refractivity contribution in [1.82, 2.24) is 24.6 Å². The van der Waals surface area contributed by atoms with Crippen LogP contribution in [0.15, 0.2) is 42.9 Å². The van der Waals surface area contributed by atoms with Gasteiger partial charge in [0.15, 0.2) is 0 Å². The first-order chi connectivity index (χ1) is 16.0. The average molecular weight is 447 g/mol. The Kier molecular flexibility index (Phi) is 4.79. The minimum atomic E-state index is -0.530. The van der Waals surface area contributed by atoms with Crippen molar-refractivity contribution in [3.63, 3.8) is 0 Å². The van der Waals surface area contributed by atoms with Crippen LogP contribution in [0.3, 0.4) is 0 Å². The van der Waals surface area contributed by atoms with E-state index in [1.165, 1.54) is 12.8 Å². The second-order valence-corrected chi connectivity index (χ2v) is 9.82. The molecule has 0 radical (unpaired) electrons. The molecule has 6 rings (SSSR count). The quantitative estimate of drug-likeness (QED) is 0.668. The van der Waals surface area contributed by atoms with Crippen molar-refractivity contribution in [1.29, 1.82) is 0 Å². The number of aromatic amines is 1. The van der Waals surface area contributed by atoms with E-state index in [2.05, 4.69) is 15.0 Å². The molecule has 2 aliphatic heterocycles. The van der Waals surface area contributed by atoms with Crippen molar-refractivity contribution >= 4 is 28.4 Å². The lowest BCUT2D eigenvalue weighted by Gasteiger charge is -2.52. The number of carbonyl (C=O) groups excluding carboxylic acids is 2.